The highest BCUT2D eigenvalue weighted by Gasteiger charge is 2.04. The average Bonchev–Trinajstić information content (AvgIpc) is 2.51. The molecule has 1 nitrogen and oxygen atoms in total. The maximum absolute atomic E-state index is 9.45. The van der Waals surface area contributed by atoms with Crippen LogP contribution in [-0.4, -0.2) is 5.11 Å². The quantitative estimate of drug-likeness (QED) is 0.686. The first-order valence-corrected chi connectivity index (χ1v) is 8.15. The predicted octanol–water partition coefficient (Wildman–Crippen LogP) is 5.74. The van der Waals surface area contributed by atoms with Crippen molar-refractivity contribution in [1.29, 1.82) is 0 Å². The van der Waals surface area contributed by atoms with Crippen LogP contribution >= 0.6 is 0 Å². The highest BCUT2D eigenvalue weighted by molar-refractivity contribution is 5.66. The van der Waals surface area contributed by atoms with Crippen molar-refractivity contribution >= 4 is 0 Å². The molecule has 2 aromatic carbocycles. The van der Waals surface area contributed by atoms with Crippen LogP contribution < -0.4 is 0 Å². The van der Waals surface area contributed by atoms with E-state index in [1.807, 2.05) is 12.1 Å². The summed E-state index contributed by atoms with van der Waals surface area (Å²) in [4.78, 5) is 0. The molecule has 1 heteroatoms. The Balaban J connectivity index is 2.31. The van der Waals surface area contributed by atoms with Crippen LogP contribution in [-0.2, 0) is 12.8 Å². The summed E-state index contributed by atoms with van der Waals surface area (Å²) in [5.41, 5.74) is 5.33. The molecular weight excluding hydrogens is 256 g/mol. The Morgan fingerprint density at radius 3 is 1.71 bits per heavy atom. The van der Waals surface area contributed by atoms with Gasteiger partial charge in [-0.15, -0.1) is 0 Å². The number of unbranched alkanes of at least 4 members (excludes halogenated alkanes) is 2. The van der Waals surface area contributed by atoms with Crippen LogP contribution in [0.25, 0.3) is 11.1 Å². The number of phenolic OH excluding ortho intramolecular Hbond substituents is 1. The number of phenols is 1. The first kappa shape index (κ1) is 15.6. The molecule has 0 bridgehead atoms. The van der Waals surface area contributed by atoms with Gasteiger partial charge in [0.05, 0.1) is 0 Å². The lowest BCUT2D eigenvalue weighted by atomic mass is 9.95. The summed E-state index contributed by atoms with van der Waals surface area (Å²) in [6.07, 6.45) is 7.25. The zero-order valence-corrected chi connectivity index (χ0v) is 13.2. The van der Waals surface area contributed by atoms with Gasteiger partial charge in [0.15, 0.2) is 0 Å². The third kappa shape index (κ3) is 4.63. The summed E-state index contributed by atoms with van der Waals surface area (Å²) in [7, 11) is 0. The molecule has 0 aliphatic rings. The van der Waals surface area contributed by atoms with Crippen LogP contribution in [0.3, 0.4) is 0 Å². The molecule has 2 aromatic rings. The Bertz CT molecular complexity index is 528. The fourth-order valence-corrected chi connectivity index (χ4v) is 2.63. The van der Waals surface area contributed by atoms with Gasteiger partial charge in [0, 0.05) is 0 Å². The molecule has 0 aliphatic heterocycles. The van der Waals surface area contributed by atoms with Crippen molar-refractivity contribution in [3.8, 4) is 16.9 Å². The molecule has 0 heterocycles. The van der Waals surface area contributed by atoms with E-state index in [1.165, 1.54) is 47.9 Å². The SMILES string of the molecule is CCCCc1cc(CCCC)cc(-c2ccc(O)cc2)c1. The van der Waals surface area contributed by atoms with Crippen molar-refractivity contribution in [1.82, 2.24) is 0 Å². The summed E-state index contributed by atoms with van der Waals surface area (Å²) in [5, 5.41) is 9.45. The monoisotopic (exact) mass is 282 g/mol. The Labute approximate surface area is 128 Å². The lowest BCUT2D eigenvalue weighted by Crippen LogP contribution is -1.92. The summed E-state index contributed by atoms with van der Waals surface area (Å²) in [6.45, 7) is 4.48. The Morgan fingerprint density at radius 2 is 1.24 bits per heavy atom. The van der Waals surface area contributed by atoms with Crippen LogP contribution in [0.15, 0.2) is 42.5 Å². The van der Waals surface area contributed by atoms with Gasteiger partial charge in [-0.3, -0.25) is 0 Å². The van der Waals surface area contributed by atoms with Crippen LogP contribution in [0.2, 0.25) is 0 Å². The minimum absolute atomic E-state index is 0.326. The van der Waals surface area contributed by atoms with E-state index in [2.05, 4.69) is 32.0 Å². The third-order valence-corrected chi connectivity index (χ3v) is 3.89. The predicted molar refractivity (Wildman–Crippen MR) is 90.8 cm³/mol. The van der Waals surface area contributed by atoms with E-state index in [4.69, 9.17) is 0 Å². The smallest absolute Gasteiger partial charge is 0.115 e. The molecule has 2 rings (SSSR count). The van der Waals surface area contributed by atoms with Gasteiger partial charge < -0.3 is 5.11 Å². The van der Waals surface area contributed by atoms with Crippen LogP contribution in [0, 0.1) is 0 Å². The van der Waals surface area contributed by atoms with E-state index in [0.29, 0.717) is 5.75 Å². The Morgan fingerprint density at radius 1 is 0.714 bits per heavy atom. The van der Waals surface area contributed by atoms with Crippen molar-refractivity contribution in [2.24, 2.45) is 0 Å². The molecule has 0 atom stereocenters. The number of hydrogen-bond donors (Lipinski definition) is 1. The largest absolute Gasteiger partial charge is 0.508 e. The Hall–Kier alpha value is -1.76. The summed E-state index contributed by atoms with van der Waals surface area (Å²) in [5.74, 6) is 0.326. The molecule has 0 aliphatic carbocycles. The molecule has 0 amide bonds. The van der Waals surface area contributed by atoms with Crippen LogP contribution in [0.5, 0.6) is 5.75 Å². The summed E-state index contributed by atoms with van der Waals surface area (Å²) >= 11 is 0. The fourth-order valence-electron chi connectivity index (χ4n) is 2.63. The van der Waals surface area contributed by atoms with E-state index >= 15 is 0 Å². The van der Waals surface area contributed by atoms with Crippen LogP contribution in [0.4, 0.5) is 0 Å². The second-order valence-corrected chi connectivity index (χ2v) is 5.79. The minimum atomic E-state index is 0.326. The van der Waals surface area contributed by atoms with Gasteiger partial charge >= 0.3 is 0 Å². The van der Waals surface area contributed by atoms with Crippen molar-refractivity contribution < 1.29 is 5.11 Å². The normalized spacial score (nSPS) is 10.8. The minimum Gasteiger partial charge on any atom is -0.508 e. The van der Waals surface area contributed by atoms with Gasteiger partial charge in [-0.25, -0.2) is 0 Å². The van der Waals surface area contributed by atoms with Gasteiger partial charge in [-0.1, -0.05) is 57.0 Å². The summed E-state index contributed by atoms with van der Waals surface area (Å²) < 4.78 is 0. The number of aryl methyl sites for hydroxylation is 2. The van der Waals surface area contributed by atoms with Gasteiger partial charge in [-0.05, 0) is 60.1 Å². The lowest BCUT2D eigenvalue weighted by Gasteiger charge is -2.10. The average molecular weight is 282 g/mol. The lowest BCUT2D eigenvalue weighted by molar-refractivity contribution is 0.475. The number of aromatic hydroxyl groups is 1. The first-order chi connectivity index (χ1) is 10.2. The molecule has 21 heavy (non-hydrogen) atoms. The number of benzene rings is 2. The topological polar surface area (TPSA) is 20.2 Å². The zero-order chi connectivity index (χ0) is 15.1. The van der Waals surface area contributed by atoms with Crippen molar-refractivity contribution in [3.05, 3.63) is 53.6 Å². The highest BCUT2D eigenvalue weighted by Crippen LogP contribution is 2.26. The first-order valence-electron chi connectivity index (χ1n) is 8.15. The molecule has 0 aromatic heterocycles. The van der Waals surface area contributed by atoms with Gasteiger partial charge in [-0.2, -0.15) is 0 Å². The standard InChI is InChI=1S/C20H26O/c1-3-5-7-16-13-17(8-6-4-2)15-19(14-16)18-9-11-20(21)12-10-18/h9-15,21H,3-8H2,1-2H3. The maximum atomic E-state index is 9.45. The molecule has 0 saturated carbocycles. The number of rotatable bonds is 7. The molecule has 0 saturated heterocycles. The van der Waals surface area contributed by atoms with Crippen molar-refractivity contribution in [2.75, 3.05) is 0 Å². The summed E-state index contributed by atoms with van der Waals surface area (Å²) in [6, 6.07) is 14.5. The molecule has 0 fully saturated rings. The van der Waals surface area contributed by atoms with E-state index in [1.54, 1.807) is 12.1 Å². The highest BCUT2D eigenvalue weighted by atomic mass is 16.3. The fraction of sp³-hybridized carbons (Fsp3) is 0.400. The second kappa shape index (κ2) is 7.87. The molecule has 112 valence electrons. The van der Waals surface area contributed by atoms with E-state index in [-0.39, 0.29) is 0 Å². The second-order valence-electron chi connectivity index (χ2n) is 5.79. The van der Waals surface area contributed by atoms with Crippen molar-refractivity contribution in [3.63, 3.8) is 0 Å². The molecule has 0 radical (unpaired) electrons. The van der Waals surface area contributed by atoms with Gasteiger partial charge in [0.25, 0.3) is 0 Å². The molecule has 0 spiro atoms. The molecular formula is C20H26O. The van der Waals surface area contributed by atoms with Gasteiger partial charge in [0.2, 0.25) is 0 Å². The van der Waals surface area contributed by atoms with Gasteiger partial charge in [0.1, 0.15) is 5.75 Å². The molecule has 1 N–H and O–H groups in total. The molecule has 0 unspecified atom stereocenters. The maximum Gasteiger partial charge on any atom is 0.115 e. The van der Waals surface area contributed by atoms with E-state index in [0.717, 1.165) is 12.8 Å². The van der Waals surface area contributed by atoms with Crippen molar-refractivity contribution in [2.45, 2.75) is 52.4 Å². The van der Waals surface area contributed by atoms with E-state index < -0.39 is 0 Å². The number of hydrogen-bond acceptors (Lipinski definition) is 1. The third-order valence-electron chi connectivity index (χ3n) is 3.89. The Kier molecular flexibility index (Phi) is 5.86. The zero-order valence-electron chi connectivity index (χ0n) is 13.2. The van der Waals surface area contributed by atoms with Crippen LogP contribution in [0.1, 0.15) is 50.7 Å². The van der Waals surface area contributed by atoms with E-state index in [9.17, 15) is 5.11 Å².